The summed E-state index contributed by atoms with van der Waals surface area (Å²) in [5.41, 5.74) is -0.960. The number of carbonyl (C=O) groups excluding carboxylic acids is 12. The minimum Gasteiger partial charge on any atom is -0.375 e. The summed E-state index contributed by atoms with van der Waals surface area (Å²) in [5, 5.41) is 8.08. The summed E-state index contributed by atoms with van der Waals surface area (Å²) in [6.45, 7) is 14.5. The van der Waals surface area contributed by atoms with Crippen LogP contribution in [0.3, 0.4) is 0 Å². The Hall–Kier alpha value is -8.40. The van der Waals surface area contributed by atoms with Gasteiger partial charge >= 0.3 is 6.18 Å². The topological polar surface area (TPSA) is 279 Å². The zero-order chi connectivity index (χ0) is 78.1. The lowest BCUT2D eigenvalue weighted by atomic mass is 9.90. The highest BCUT2D eigenvalue weighted by Gasteiger charge is 2.52. The predicted molar refractivity (Wildman–Crippen MR) is 390 cm³/mol. The van der Waals surface area contributed by atoms with Crippen LogP contribution in [0, 0.1) is 24.7 Å². The van der Waals surface area contributed by atoms with Gasteiger partial charge in [-0.25, -0.2) is 0 Å². The second kappa shape index (κ2) is 38.2. The molecule has 580 valence electrons. The molecule has 25 nitrogen and oxygen atoms in total. The van der Waals surface area contributed by atoms with Crippen LogP contribution in [0.15, 0.2) is 67.8 Å². The molecular formula is C76H110ClF3N12O13. The van der Waals surface area contributed by atoms with Gasteiger partial charge in [0.2, 0.25) is 70.9 Å². The molecule has 0 unspecified atom stereocenters. The van der Waals surface area contributed by atoms with Crippen molar-refractivity contribution in [2.75, 3.05) is 95.8 Å². The third kappa shape index (κ3) is 21.7. The number of nitrogens with zero attached hydrogens (tertiary/aromatic N) is 9. The third-order valence-corrected chi connectivity index (χ3v) is 21.4. The van der Waals surface area contributed by atoms with Crippen LogP contribution in [0.1, 0.15) is 140 Å². The first kappa shape index (κ1) is 85.5. The minimum absolute atomic E-state index is 0.00225. The molecule has 105 heavy (non-hydrogen) atoms. The third-order valence-electron chi connectivity index (χ3n) is 21.1. The summed E-state index contributed by atoms with van der Waals surface area (Å²) in [6.07, 6.45) is 1.49. The van der Waals surface area contributed by atoms with E-state index in [1.807, 2.05) is 32.9 Å². The number of alkyl halides is 3. The summed E-state index contributed by atoms with van der Waals surface area (Å²) in [7, 11) is 11.2. The molecule has 2 heterocycles. The Labute approximate surface area is 621 Å². The average Bonchev–Trinajstić information content (AvgIpc) is 1.71. The summed E-state index contributed by atoms with van der Waals surface area (Å²) in [4.78, 5) is 192. The number of hydrogen-bond acceptors (Lipinski definition) is 13. The van der Waals surface area contributed by atoms with E-state index in [0.717, 1.165) is 45.2 Å². The minimum atomic E-state index is -4.79. The highest BCUT2D eigenvalue weighted by Crippen LogP contribution is 2.38. The van der Waals surface area contributed by atoms with Gasteiger partial charge < -0.3 is 64.8 Å². The number of hydrogen-bond donors (Lipinski definition) is 3. The van der Waals surface area contributed by atoms with Crippen LogP contribution in [-0.4, -0.2) is 265 Å². The maximum Gasteiger partial charge on any atom is 0.417 e. The number of carbonyl (C=O) groups is 12. The van der Waals surface area contributed by atoms with Crippen molar-refractivity contribution in [3.63, 3.8) is 0 Å². The standard InChI is InChI=1S/C76H110ClF3N12O13/c1-16-37-91-59(42-51-29-27-48(6)28-30-51)70(100)85(10)44-61(93)81-55(34-32-50-31-33-53(54(77)41-50)76(78,79)80)68(98)92-38-23-26-56(92)67(97)83-75(35-21-22-36-75)74(104)90(15)65(52-24-19-20-25-52)73(103)89(14)58(69(99)84(8)9)43-62(94)87(12)57(40-47(4)5)66(96)82-64(49(7)18-3)72(102)86(11)45-63(95)88(13)60(71(91)101)46-105-39-17-2/h16-17,27-31,33,41,47,49,52,55-60,64-65H,1-2,18-26,32,34-40,42-46H2,3-15H3,(H,81,93)(H,82,96)(H,83,97)/t49-,55-,56-,57-,58-,59-,60+,64-,65+/m0/s1. The fourth-order valence-corrected chi connectivity index (χ4v) is 15.0. The first-order valence-corrected chi connectivity index (χ1v) is 36.8. The number of fused-ring (bicyclic) bond motifs is 1. The molecule has 2 aromatic carbocycles. The van der Waals surface area contributed by atoms with Gasteiger partial charge in [-0.1, -0.05) is 119 Å². The quantitative estimate of drug-likeness (QED) is 0.125. The van der Waals surface area contributed by atoms with Crippen LogP contribution in [0.25, 0.3) is 0 Å². The lowest BCUT2D eigenvalue weighted by Crippen LogP contribution is -2.65. The van der Waals surface area contributed by atoms with Crippen molar-refractivity contribution in [3.8, 4) is 0 Å². The van der Waals surface area contributed by atoms with Crippen molar-refractivity contribution < 1.29 is 75.4 Å². The first-order valence-electron chi connectivity index (χ1n) is 36.4. The number of rotatable bonds is 17. The van der Waals surface area contributed by atoms with E-state index in [9.17, 15) is 41.9 Å². The number of benzene rings is 2. The Morgan fingerprint density at radius 3 is 1.91 bits per heavy atom. The van der Waals surface area contributed by atoms with E-state index in [-0.39, 0.29) is 76.1 Å². The van der Waals surface area contributed by atoms with Crippen LogP contribution < -0.4 is 16.0 Å². The normalized spacial score (nSPS) is 24.7. The van der Waals surface area contributed by atoms with Crippen LogP contribution in [0.2, 0.25) is 5.02 Å². The maximum absolute atomic E-state index is 15.6. The van der Waals surface area contributed by atoms with Crippen molar-refractivity contribution in [3.05, 3.63) is 95.1 Å². The van der Waals surface area contributed by atoms with Gasteiger partial charge in [-0.15, -0.1) is 13.2 Å². The molecule has 29 heteroatoms. The highest BCUT2D eigenvalue weighted by atomic mass is 35.5. The molecular weight excluding hydrogens is 1380 g/mol. The molecule has 2 aliphatic carbocycles. The highest BCUT2D eigenvalue weighted by molar-refractivity contribution is 6.31. The van der Waals surface area contributed by atoms with E-state index in [4.69, 9.17) is 16.3 Å². The monoisotopic (exact) mass is 1490 g/mol. The molecule has 4 fully saturated rings. The van der Waals surface area contributed by atoms with E-state index >= 15 is 28.8 Å². The van der Waals surface area contributed by atoms with Crippen molar-refractivity contribution in [2.24, 2.45) is 17.8 Å². The molecule has 4 aliphatic rings. The molecule has 1 spiro atoms. The maximum atomic E-state index is 15.6. The van der Waals surface area contributed by atoms with E-state index in [1.165, 1.54) is 104 Å². The van der Waals surface area contributed by atoms with E-state index in [1.54, 1.807) is 26.0 Å². The van der Waals surface area contributed by atoms with Gasteiger partial charge in [0.1, 0.15) is 53.9 Å². The zero-order valence-electron chi connectivity index (χ0n) is 63.4. The molecule has 3 N–H and O–H groups in total. The Morgan fingerprint density at radius 1 is 0.714 bits per heavy atom. The van der Waals surface area contributed by atoms with Gasteiger partial charge in [0, 0.05) is 75.9 Å². The smallest absolute Gasteiger partial charge is 0.375 e. The number of halogens is 4. The molecule has 6 rings (SSSR count). The lowest BCUT2D eigenvalue weighted by molar-refractivity contribution is -0.156. The number of nitrogens with one attached hydrogen (secondary N) is 3. The number of likely N-dealkylation sites (N-methyl/N-ethyl adjacent to an activating group) is 7. The molecule has 2 saturated carbocycles. The lowest BCUT2D eigenvalue weighted by Gasteiger charge is -2.42. The molecule has 9 atom stereocenters. The molecule has 0 bridgehead atoms. The van der Waals surface area contributed by atoms with Crippen LogP contribution >= 0.6 is 11.6 Å². The Morgan fingerprint density at radius 2 is 1.33 bits per heavy atom. The van der Waals surface area contributed by atoms with Crippen molar-refractivity contribution in [1.29, 1.82) is 0 Å². The molecule has 0 radical (unpaired) electrons. The molecule has 2 aliphatic heterocycles. The van der Waals surface area contributed by atoms with Crippen molar-refractivity contribution in [1.82, 2.24) is 60.0 Å². The molecule has 12 amide bonds. The van der Waals surface area contributed by atoms with Crippen molar-refractivity contribution in [2.45, 2.75) is 197 Å². The molecule has 2 saturated heterocycles. The van der Waals surface area contributed by atoms with Gasteiger partial charge in [-0.3, -0.25) is 57.5 Å². The van der Waals surface area contributed by atoms with Gasteiger partial charge in [0.15, 0.2) is 0 Å². The summed E-state index contributed by atoms with van der Waals surface area (Å²) in [5.74, 6) is -9.89. The van der Waals surface area contributed by atoms with Gasteiger partial charge in [-0.05, 0) is 106 Å². The fourth-order valence-electron chi connectivity index (χ4n) is 14.7. The van der Waals surface area contributed by atoms with E-state index < -0.39 is 179 Å². The SMILES string of the molecule is C=CCOC[C@@H]1C(=O)N(CC=C)[C@@H](Cc2ccc(C)cc2)C(=O)N(C)CC(=O)N[C@@H](CCc2ccc(C(F)(F)F)c(Cl)c2)C(=O)N2CCC[C@H]2C(=O)NC2(CCCC2)C(=O)N(C)[C@H](C2CCCC2)C(=O)N(C)[C@H](C(=O)N(C)C)CC(=O)N(C)[C@@H](CC(C)C)C(=O)N[C@@H]([C@@H](C)CC)C(=O)N(C)CC(=O)N1C. The Balaban J connectivity index is 1.50. The van der Waals surface area contributed by atoms with Gasteiger partial charge in [0.25, 0.3) is 0 Å². The van der Waals surface area contributed by atoms with Gasteiger partial charge in [0.05, 0.1) is 43.3 Å². The predicted octanol–water partition coefficient (Wildman–Crippen LogP) is 5.82. The van der Waals surface area contributed by atoms with Crippen LogP contribution in [-0.2, 0) is 81.3 Å². The molecule has 0 aromatic heterocycles. The largest absolute Gasteiger partial charge is 0.417 e. The fraction of sp³-hybridized carbons (Fsp3) is 0.632. The Kier molecular flexibility index (Phi) is 31.1. The first-order chi connectivity index (χ1) is 49.4. The molecule has 2 aromatic rings. The second-order valence-corrected chi connectivity index (χ2v) is 29.9. The number of aryl methyl sites for hydroxylation is 2. The number of amides is 12. The van der Waals surface area contributed by atoms with Gasteiger partial charge in [-0.2, -0.15) is 13.2 Å². The van der Waals surface area contributed by atoms with E-state index in [0.29, 0.717) is 44.1 Å². The summed E-state index contributed by atoms with van der Waals surface area (Å²) in [6, 6.07) is -0.588. The number of ether oxygens (including phenoxy) is 1. The Bertz CT molecular complexity index is 3470. The average molecular weight is 1490 g/mol. The zero-order valence-corrected chi connectivity index (χ0v) is 64.1. The summed E-state index contributed by atoms with van der Waals surface area (Å²) >= 11 is 6.18. The van der Waals surface area contributed by atoms with E-state index in [2.05, 4.69) is 29.1 Å². The van der Waals surface area contributed by atoms with Crippen molar-refractivity contribution >= 4 is 82.5 Å². The van der Waals surface area contributed by atoms with Crippen LogP contribution in [0.4, 0.5) is 13.2 Å². The van der Waals surface area contributed by atoms with Crippen LogP contribution in [0.5, 0.6) is 0 Å². The summed E-state index contributed by atoms with van der Waals surface area (Å²) < 4.78 is 47.7. The second-order valence-electron chi connectivity index (χ2n) is 29.5.